The summed E-state index contributed by atoms with van der Waals surface area (Å²) in [7, 11) is 0. The number of esters is 1. The number of ketones is 1. The number of hydrogen-bond donors (Lipinski definition) is 1. The number of rotatable bonds is 6. The first-order valence-corrected chi connectivity index (χ1v) is 8.80. The molecule has 0 radical (unpaired) electrons. The van der Waals surface area contributed by atoms with Gasteiger partial charge in [-0.15, -0.1) is 0 Å². The monoisotopic (exact) mass is 351 g/mol. The van der Waals surface area contributed by atoms with Gasteiger partial charge >= 0.3 is 5.97 Å². The topological polar surface area (TPSA) is 72.5 Å². The summed E-state index contributed by atoms with van der Waals surface area (Å²) < 4.78 is 5.05. The van der Waals surface area contributed by atoms with Crippen LogP contribution in [-0.2, 0) is 9.53 Å². The van der Waals surface area contributed by atoms with Crippen molar-refractivity contribution in [2.45, 2.75) is 31.7 Å². The summed E-state index contributed by atoms with van der Waals surface area (Å²) in [5, 5.41) is 2.87. The number of benzene rings is 2. The van der Waals surface area contributed by atoms with Crippen molar-refractivity contribution in [1.82, 2.24) is 5.32 Å². The van der Waals surface area contributed by atoms with Gasteiger partial charge in [-0.05, 0) is 25.0 Å². The molecule has 5 nitrogen and oxygen atoms in total. The Bertz CT molecular complexity index is 777. The van der Waals surface area contributed by atoms with Crippen molar-refractivity contribution in [3.63, 3.8) is 0 Å². The molecule has 0 aliphatic heterocycles. The van der Waals surface area contributed by atoms with E-state index in [0.29, 0.717) is 16.7 Å². The van der Waals surface area contributed by atoms with Crippen LogP contribution in [0.2, 0.25) is 0 Å². The third kappa shape index (κ3) is 4.57. The fourth-order valence-corrected chi connectivity index (χ4v) is 3.07. The molecule has 0 spiro atoms. The molecule has 1 amide bonds. The maximum atomic E-state index is 12.3. The second-order valence-corrected chi connectivity index (χ2v) is 6.40. The predicted molar refractivity (Wildman–Crippen MR) is 97.0 cm³/mol. The van der Waals surface area contributed by atoms with E-state index in [1.807, 2.05) is 6.07 Å². The van der Waals surface area contributed by atoms with E-state index in [1.54, 1.807) is 36.4 Å². The minimum absolute atomic E-state index is 0.110. The maximum absolute atomic E-state index is 12.3. The van der Waals surface area contributed by atoms with Gasteiger partial charge in [0.1, 0.15) is 0 Å². The van der Waals surface area contributed by atoms with Crippen molar-refractivity contribution in [3.8, 4) is 0 Å². The second-order valence-electron chi connectivity index (χ2n) is 6.40. The van der Waals surface area contributed by atoms with Gasteiger partial charge in [0.25, 0.3) is 5.91 Å². The number of nitrogens with one attached hydrogen (secondary N) is 1. The second kappa shape index (κ2) is 8.43. The Hall–Kier alpha value is -2.95. The molecule has 2 aromatic carbocycles. The first kappa shape index (κ1) is 17.9. The summed E-state index contributed by atoms with van der Waals surface area (Å²) in [6.07, 6.45) is 4.21. The van der Waals surface area contributed by atoms with Crippen molar-refractivity contribution in [2.24, 2.45) is 0 Å². The third-order valence-corrected chi connectivity index (χ3v) is 4.47. The fourth-order valence-electron chi connectivity index (χ4n) is 3.07. The summed E-state index contributed by atoms with van der Waals surface area (Å²) in [6.45, 7) is -0.292. The van der Waals surface area contributed by atoms with E-state index in [1.165, 1.54) is 12.1 Å². The standard InChI is InChI=1S/C21H21NO4/c23-19(22-18-8-4-5-9-18)14-26-21(25)17-12-10-16(11-13-17)20(24)15-6-2-1-3-7-15/h1-3,6-7,10-13,18H,4-5,8-9,14H2,(H,22,23). The number of ether oxygens (including phenoxy) is 1. The fraction of sp³-hybridized carbons (Fsp3) is 0.286. The summed E-state index contributed by atoms with van der Waals surface area (Å²) >= 11 is 0. The van der Waals surface area contributed by atoms with Crippen LogP contribution in [0.15, 0.2) is 54.6 Å². The molecule has 2 aromatic rings. The largest absolute Gasteiger partial charge is 0.452 e. The van der Waals surface area contributed by atoms with E-state index in [9.17, 15) is 14.4 Å². The molecule has 0 unspecified atom stereocenters. The Balaban J connectivity index is 1.53. The SMILES string of the molecule is O=C(COC(=O)c1ccc(C(=O)c2ccccc2)cc1)NC1CCCC1. The van der Waals surface area contributed by atoms with Crippen molar-refractivity contribution >= 4 is 17.7 Å². The van der Waals surface area contributed by atoms with Gasteiger partial charge in [0.15, 0.2) is 12.4 Å². The molecule has 134 valence electrons. The molecule has 26 heavy (non-hydrogen) atoms. The quantitative estimate of drug-likeness (QED) is 0.641. The maximum Gasteiger partial charge on any atom is 0.338 e. The number of hydrogen-bond acceptors (Lipinski definition) is 4. The molecule has 1 N–H and O–H groups in total. The Labute approximate surface area is 152 Å². The zero-order valence-electron chi connectivity index (χ0n) is 14.4. The van der Waals surface area contributed by atoms with Crippen molar-refractivity contribution in [3.05, 3.63) is 71.3 Å². The van der Waals surface area contributed by atoms with Gasteiger partial charge in [-0.3, -0.25) is 9.59 Å². The third-order valence-electron chi connectivity index (χ3n) is 4.47. The van der Waals surface area contributed by atoms with Crippen LogP contribution >= 0.6 is 0 Å². The van der Waals surface area contributed by atoms with E-state index in [4.69, 9.17) is 4.74 Å². The summed E-state index contributed by atoms with van der Waals surface area (Å²) in [5.41, 5.74) is 1.39. The summed E-state index contributed by atoms with van der Waals surface area (Å²) in [6, 6.07) is 15.4. The van der Waals surface area contributed by atoms with Gasteiger partial charge in [0, 0.05) is 17.2 Å². The smallest absolute Gasteiger partial charge is 0.338 e. The van der Waals surface area contributed by atoms with Gasteiger partial charge in [-0.25, -0.2) is 4.79 Å². The molecule has 1 saturated carbocycles. The van der Waals surface area contributed by atoms with Crippen molar-refractivity contribution < 1.29 is 19.1 Å². The minimum Gasteiger partial charge on any atom is -0.452 e. The number of carbonyl (C=O) groups is 3. The first-order chi connectivity index (χ1) is 12.6. The zero-order valence-corrected chi connectivity index (χ0v) is 14.4. The zero-order chi connectivity index (χ0) is 18.4. The first-order valence-electron chi connectivity index (χ1n) is 8.80. The Morgan fingerprint density at radius 3 is 2.08 bits per heavy atom. The molecule has 1 aliphatic carbocycles. The molecular formula is C21H21NO4. The number of amides is 1. The van der Waals surface area contributed by atoms with Crippen LogP contribution in [-0.4, -0.2) is 30.3 Å². The number of carbonyl (C=O) groups excluding carboxylic acids is 3. The van der Waals surface area contributed by atoms with Crippen molar-refractivity contribution in [2.75, 3.05) is 6.61 Å². The average Bonchev–Trinajstić information content (AvgIpc) is 3.19. The van der Waals surface area contributed by atoms with Crippen LogP contribution in [0.4, 0.5) is 0 Å². The Kier molecular flexibility index (Phi) is 5.79. The molecule has 0 bridgehead atoms. The van der Waals surface area contributed by atoms with E-state index < -0.39 is 5.97 Å². The molecule has 0 saturated heterocycles. The van der Waals surface area contributed by atoms with Gasteiger partial charge in [0.05, 0.1) is 5.56 Å². The lowest BCUT2D eigenvalue weighted by molar-refractivity contribution is -0.124. The van der Waals surface area contributed by atoms with Gasteiger partial charge in [0.2, 0.25) is 0 Å². The highest BCUT2D eigenvalue weighted by molar-refractivity contribution is 6.09. The van der Waals surface area contributed by atoms with E-state index in [0.717, 1.165) is 25.7 Å². The molecular weight excluding hydrogens is 330 g/mol. The average molecular weight is 351 g/mol. The van der Waals surface area contributed by atoms with E-state index >= 15 is 0 Å². The van der Waals surface area contributed by atoms with Crippen LogP contribution < -0.4 is 5.32 Å². The lowest BCUT2D eigenvalue weighted by Crippen LogP contribution is -2.35. The normalized spacial score (nSPS) is 14.0. The lowest BCUT2D eigenvalue weighted by atomic mass is 10.0. The molecule has 0 atom stereocenters. The van der Waals surface area contributed by atoms with Gasteiger partial charge < -0.3 is 10.1 Å². The highest BCUT2D eigenvalue weighted by Gasteiger charge is 2.18. The minimum atomic E-state index is -0.578. The Morgan fingerprint density at radius 2 is 1.42 bits per heavy atom. The van der Waals surface area contributed by atoms with Crippen LogP contribution in [0.25, 0.3) is 0 Å². The van der Waals surface area contributed by atoms with Crippen LogP contribution in [0, 0.1) is 0 Å². The van der Waals surface area contributed by atoms with Gasteiger partial charge in [-0.1, -0.05) is 55.3 Å². The highest BCUT2D eigenvalue weighted by Crippen LogP contribution is 2.17. The Morgan fingerprint density at radius 1 is 0.846 bits per heavy atom. The van der Waals surface area contributed by atoms with Gasteiger partial charge in [-0.2, -0.15) is 0 Å². The van der Waals surface area contributed by atoms with E-state index in [-0.39, 0.29) is 24.3 Å². The van der Waals surface area contributed by atoms with E-state index in [2.05, 4.69) is 5.32 Å². The molecule has 0 aromatic heterocycles. The van der Waals surface area contributed by atoms with Crippen molar-refractivity contribution in [1.29, 1.82) is 0 Å². The summed E-state index contributed by atoms with van der Waals surface area (Å²) in [5.74, 6) is -0.965. The van der Waals surface area contributed by atoms with Crippen LogP contribution in [0.1, 0.15) is 52.0 Å². The predicted octanol–water partition coefficient (Wildman–Crippen LogP) is 3.13. The molecule has 5 heteroatoms. The van der Waals surface area contributed by atoms with Crippen LogP contribution in [0.5, 0.6) is 0 Å². The molecule has 0 heterocycles. The van der Waals surface area contributed by atoms with Crippen LogP contribution in [0.3, 0.4) is 0 Å². The molecule has 3 rings (SSSR count). The molecule has 1 fully saturated rings. The highest BCUT2D eigenvalue weighted by atomic mass is 16.5. The summed E-state index contributed by atoms with van der Waals surface area (Å²) in [4.78, 5) is 36.2. The molecule has 1 aliphatic rings. The lowest BCUT2D eigenvalue weighted by Gasteiger charge is -2.12.